The standard InChI is InChI=1S/C25H33N5O4/c1-25(23(32)30(24(33)27-25)11-10-28-12-14-34-15-13-28)19-6-8-29(9-7-19)22(31)16-18-17-26-21-5-3-2-4-20(18)21/h2-5,17,19,26H,6-16H2,1H3,(H,27,33)/t25-/m0/s1. The Balaban J connectivity index is 1.16. The maximum Gasteiger partial charge on any atom is 0.325 e. The van der Waals surface area contributed by atoms with Gasteiger partial charge < -0.3 is 19.9 Å². The number of likely N-dealkylation sites (tertiary alicyclic amines) is 1. The van der Waals surface area contributed by atoms with Gasteiger partial charge in [-0.1, -0.05) is 18.2 Å². The molecule has 3 fully saturated rings. The van der Waals surface area contributed by atoms with E-state index in [0.29, 0.717) is 58.7 Å². The molecule has 3 aliphatic rings. The molecule has 9 nitrogen and oxygen atoms in total. The third-order valence-corrected chi connectivity index (χ3v) is 7.73. The third kappa shape index (κ3) is 4.30. The molecule has 3 aliphatic heterocycles. The van der Waals surface area contributed by atoms with Crippen LogP contribution in [0.2, 0.25) is 0 Å². The van der Waals surface area contributed by atoms with E-state index in [4.69, 9.17) is 4.74 Å². The second-order valence-corrected chi connectivity index (χ2v) is 9.73. The molecule has 182 valence electrons. The Bertz CT molecular complexity index is 1070. The number of hydrogen-bond acceptors (Lipinski definition) is 5. The summed E-state index contributed by atoms with van der Waals surface area (Å²) in [7, 11) is 0. The minimum Gasteiger partial charge on any atom is -0.379 e. The lowest BCUT2D eigenvalue weighted by atomic mass is 9.79. The van der Waals surface area contributed by atoms with E-state index in [9.17, 15) is 14.4 Å². The van der Waals surface area contributed by atoms with Crippen LogP contribution in [0.15, 0.2) is 30.5 Å². The zero-order valence-electron chi connectivity index (χ0n) is 19.7. The molecule has 9 heteroatoms. The minimum atomic E-state index is -0.909. The molecule has 1 aromatic heterocycles. The van der Waals surface area contributed by atoms with E-state index in [0.717, 1.165) is 29.6 Å². The molecule has 0 bridgehead atoms. The van der Waals surface area contributed by atoms with E-state index < -0.39 is 5.54 Å². The summed E-state index contributed by atoms with van der Waals surface area (Å²) in [4.78, 5) is 47.6. The molecule has 3 saturated heterocycles. The molecule has 2 N–H and O–H groups in total. The van der Waals surface area contributed by atoms with Crippen molar-refractivity contribution in [2.75, 3.05) is 52.5 Å². The zero-order valence-corrected chi connectivity index (χ0v) is 19.7. The van der Waals surface area contributed by atoms with Crippen molar-refractivity contribution in [2.24, 2.45) is 5.92 Å². The van der Waals surface area contributed by atoms with E-state index in [1.54, 1.807) is 0 Å². The quantitative estimate of drug-likeness (QED) is 0.629. The molecule has 4 amide bonds. The number of piperidine rings is 1. The number of benzene rings is 1. The molecule has 2 aromatic rings. The summed E-state index contributed by atoms with van der Waals surface area (Å²) in [6.45, 7) is 7.12. The Hall–Kier alpha value is -2.91. The Labute approximate surface area is 199 Å². The third-order valence-electron chi connectivity index (χ3n) is 7.73. The number of aromatic nitrogens is 1. The highest BCUT2D eigenvalue weighted by Crippen LogP contribution is 2.33. The van der Waals surface area contributed by atoms with Gasteiger partial charge in [-0.25, -0.2) is 4.79 Å². The van der Waals surface area contributed by atoms with Crippen molar-refractivity contribution in [3.63, 3.8) is 0 Å². The molecule has 34 heavy (non-hydrogen) atoms. The van der Waals surface area contributed by atoms with Crippen molar-refractivity contribution in [3.8, 4) is 0 Å². The first kappa shape index (κ1) is 22.9. The van der Waals surface area contributed by atoms with Crippen molar-refractivity contribution < 1.29 is 19.1 Å². The van der Waals surface area contributed by atoms with Gasteiger partial charge in [0.1, 0.15) is 5.54 Å². The van der Waals surface area contributed by atoms with Gasteiger partial charge in [0.15, 0.2) is 0 Å². The van der Waals surface area contributed by atoms with E-state index >= 15 is 0 Å². The van der Waals surface area contributed by atoms with Gasteiger partial charge in [-0.3, -0.25) is 19.4 Å². The first-order valence-electron chi connectivity index (χ1n) is 12.2. The van der Waals surface area contributed by atoms with Crippen molar-refractivity contribution in [1.82, 2.24) is 25.0 Å². The van der Waals surface area contributed by atoms with E-state index in [2.05, 4.69) is 15.2 Å². The van der Waals surface area contributed by atoms with Gasteiger partial charge in [0, 0.05) is 56.4 Å². The van der Waals surface area contributed by atoms with Gasteiger partial charge in [0.2, 0.25) is 5.91 Å². The van der Waals surface area contributed by atoms with Gasteiger partial charge in [-0.05, 0) is 37.3 Å². The number of amides is 4. The Kier molecular flexibility index (Phi) is 6.31. The fourth-order valence-electron chi connectivity index (χ4n) is 5.52. The van der Waals surface area contributed by atoms with Crippen LogP contribution >= 0.6 is 0 Å². The van der Waals surface area contributed by atoms with Crippen LogP contribution in [0.5, 0.6) is 0 Å². The number of carbonyl (C=O) groups excluding carboxylic acids is 3. The summed E-state index contributed by atoms with van der Waals surface area (Å²) in [5.74, 6) is -0.0360. The molecule has 4 heterocycles. The summed E-state index contributed by atoms with van der Waals surface area (Å²) in [6, 6.07) is 7.68. The van der Waals surface area contributed by atoms with Crippen LogP contribution in [0.1, 0.15) is 25.3 Å². The molecule has 5 rings (SSSR count). The van der Waals surface area contributed by atoms with E-state index in [1.807, 2.05) is 42.3 Å². The second-order valence-electron chi connectivity index (χ2n) is 9.73. The average molecular weight is 468 g/mol. The van der Waals surface area contributed by atoms with Gasteiger partial charge in [-0.15, -0.1) is 0 Å². The Morgan fingerprint density at radius 3 is 2.59 bits per heavy atom. The number of ether oxygens (including phenoxy) is 1. The van der Waals surface area contributed by atoms with Crippen LogP contribution in [0.25, 0.3) is 10.9 Å². The number of aromatic amines is 1. The van der Waals surface area contributed by atoms with Crippen LogP contribution < -0.4 is 5.32 Å². The number of urea groups is 1. The van der Waals surface area contributed by atoms with Gasteiger partial charge >= 0.3 is 6.03 Å². The van der Waals surface area contributed by atoms with Crippen LogP contribution in [0, 0.1) is 5.92 Å². The average Bonchev–Trinajstić information content (AvgIpc) is 3.36. The monoisotopic (exact) mass is 467 g/mol. The number of imide groups is 1. The number of H-pyrrole nitrogens is 1. The van der Waals surface area contributed by atoms with Crippen LogP contribution in [0.4, 0.5) is 4.79 Å². The smallest absolute Gasteiger partial charge is 0.325 e. The first-order valence-corrected chi connectivity index (χ1v) is 12.2. The highest BCUT2D eigenvalue weighted by molar-refractivity contribution is 6.07. The van der Waals surface area contributed by atoms with Crippen molar-refractivity contribution in [1.29, 1.82) is 0 Å². The normalized spacial score (nSPS) is 24.7. The number of nitrogens with one attached hydrogen (secondary N) is 2. The van der Waals surface area contributed by atoms with Crippen molar-refractivity contribution in [3.05, 3.63) is 36.0 Å². The lowest BCUT2D eigenvalue weighted by Gasteiger charge is -2.39. The molecule has 1 aromatic carbocycles. The number of fused-ring (bicyclic) bond motifs is 1. The molecular formula is C25H33N5O4. The van der Waals surface area contributed by atoms with Gasteiger partial charge in [-0.2, -0.15) is 0 Å². The predicted octanol–water partition coefficient (Wildman–Crippen LogP) is 1.59. The van der Waals surface area contributed by atoms with Crippen LogP contribution in [-0.2, 0) is 20.7 Å². The number of morpholine rings is 1. The van der Waals surface area contributed by atoms with E-state index in [-0.39, 0.29) is 23.8 Å². The second kappa shape index (κ2) is 9.38. The summed E-state index contributed by atoms with van der Waals surface area (Å²) in [6.07, 6.45) is 3.66. The fraction of sp³-hybridized carbons (Fsp3) is 0.560. The summed E-state index contributed by atoms with van der Waals surface area (Å²) in [5, 5.41) is 4.05. The molecule has 0 aliphatic carbocycles. The van der Waals surface area contributed by atoms with Crippen molar-refractivity contribution in [2.45, 2.75) is 31.7 Å². The summed E-state index contributed by atoms with van der Waals surface area (Å²) >= 11 is 0. The highest BCUT2D eigenvalue weighted by atomic mass is 16.5. The number of para-hydroxylation sites is 1. The zero-order chi connectivity index (χ0) is 23.7. The summed E-state index contributed by atoms with van der Waals surface area (Å²) < 4.78 is 5.37. The summed E-state index contributed by atoms with van der Waals surface area (Å²) in [5.41, 5.74) is 1.13. The lowest BCUT2D eigenvalue weighted by Crippen LogP contribution is -2.54. The molecule has 0 spiro atoms. The molecular weight excluding hydrogens is 434 g/mol. The number of hydrogen-bond donors (Lipinski definition) is 2. The van der Waals surface area contributed by atoms with Crippen LogP contribution in [0.3, 0.4) is 0 Å². The highest BCUT2D eigenvalue weighted by Gasteiger charge is 2.52. The molecule has 1 atom stereocenters. The Morgan fingerprint density at radius 1 is 1.09 bits per heavy atom. The maximum atomic E-state index is 13.3. The van der Waals surface area contributed by atoms with Gasteiger partial charge in [0.25, 0.3) is 5.91 Å². The van der Waals surface area contributed by atoms with Gasteiger partial charge in [0.05, 0.1) is 19.6 Å². The largest absolute Gasteiger partial charge is 0.379 e. The SMILES string of the molecule is C[C@@]1(C2CCN(C(=O)Cc3c[nH]c4ccccc34)CC2)NC(=O)N(CCN2CCOCC2)C1=O. The predicted molar refractivity (Wildman–Crippen MR) is 127 cm³/mol. The molecule has 0 unspecified atom stereocenters. The van der Waals surface area contributed by atoms with Crippen molar-refractivity contribution >= 4 is 28.7 Å². The van der Waals surface area contributed by atoms with E-state index in [1.165, 1.54) is 4.90 Å². The van der Waals surface area contributed by atoms with Crippen LogP contribution in [-0.4, -0.2) is 95.6 Å². The number of nitrogens with zero attached hydrogens (tertiary/aromatic N) is 3. The number of rotatable bonds is 6. The number of carbonyl (C=O) groups is 3. The lowest BCUT2D eigenvalue weighted by molar-refractivity contribution is -0.135. The Morgan fingerprint density at radius 2 is 1.82 bits per heavy atom. The maximum absolute atomic E-state index is 13.3. The minimum absolute atomic E-state index is 0.00877. The molecule has 0 radical (unpaired) electrons. The topological polar surface area (TPSA) is 98.0 Å². The fourth-order valence-corrected chi connectivity index (χ4v) is 5.52. The first-order chi connectivity index (χ1) is 16.5. The molecule has 0 saturated carbocycles.